The molecule has 15 heavy (non-hydrogen) atoms. The smallest absolute Gasteiger partial charge is 0.332 e. The number of halogens is 3. The standard InChI is InChI=1S/C9H15F3N2O/c1-6(2)7-5-14(4-3-13-7)8(15)9(10,11)12/h6-7,13H,3-5H2,1-2H3/t7-/m1/s1. The summed E-state index contributed by atoms with van der Waals surface area (Å²) in [6.45, 7) is 4.51. The van der Waals surface area contributed by atoms with E-state index in [0.717, 1.165) is 4.90 Å². The first-order chi connectivity index (χ1) is 6.82. The Morgan fingerprint density at radius 1 is 1.47 bits per heavy atom. The lowest BCUT2D eigenvalue weighted by Crippen LogP contribution is -2.57. The fourth-order valence-electron chi connectivity index (χ4n) is 1.59. The Bertz CT molecular complexity index is 240. The highest BCUT2D eigenvalue weighted by Gasteiger charge is 2.43. The fraction of sp³-hybridized carbons (Fsp3) is 0.889. The molecule has 1 saturated heterocycles. The molecule has 1 N–H and O–H groups in total. The molecule has 0 radical (unpaired) electrons. The molecule has 0 spiro atoms. The molecule has 0 aromatic rings. The van der Waals surface area contributed by atoms with Crippen molar-refractivity contribution in [1.82, 2.24) is 10.2 Å². The van der Waals surface area contributed by atoms with Crippen molar-refractivity contribution in [3.8, 4) is 0 Å². The van der Waals surface area contributed by atoms with Gasteiger partial charge >= 0.3 is 12.1 Å². The average molecular weight is 224 g/mol. The maximum absolute atomic E-state index is 12.2. The Balaban J connectivity index is 2.60. The summed E-state index contributed by atoms with van der Waals surface area (Å²) in [5.41, 5.74) is 0. The van der Waals surface area contributed by atoms with Crippen LogP contribution in [0, 0.1) is 5.92 Å². The molecule has 0 saturated carbocycles. The van der Waals surface area contributed by atoms with E-state index >= 15 is 0 Å². The van der Waals surface area contributed by atoms with Crippen molar-refractivity contribution >= 4 is 5.91 Å². The molecule has 0 aliphatic carbocycles. The van der Waals surface area contributed by atoms with Crippen LogP contribution < -0.4 is 5.32 Å². The van der Waals surface area contributed by atoms with E-state index in [4.69, 9.17) is 0 Å². The third-order valence-electron chi connectivity index (χ3n) is 2.54. The second-order valence-corrected chi connectivity index (χ2v) is 4.05. The van der Waals surface area contributed by atoms with Gasteiger partial charge in [-0.05, 0) is 5.92 Å². The van der Waals surface area contributed by atoms with Crippen molar-refractivity contribution in [2.75, 3.05) is 19.6 Å². The minimum absolute atomic E-state index is 0.0509. The maximum Gasteiger partial charge on any atom is 0.471 e. The lowest BCUT2D eigenvalue weighted by molar-refractivity contribution is -0.186. The van der Waals surface area contributed by atoms with Gasteiger partial charge in [-0.3, -0.25) is 4.79 Å². The molecule has 1 heterocycles. The van der Waals surface area contributed by atoms with Gasteiger partial charge in [-0.15, -0.1) is 0 Å². The van der Waals surface area contributed by atoms with E-state index in [9.17, 15) is 18.0 Å². The summed E-state index contributed by atoms with van der Waals surface area (Å²) in [4.78, 5) is 11.8. The highest BCUT2D eigenvalue weighted by Crippen LogP contribution is 2.20. The minimum Gasteiger partial charge on any atom is -0.332 e. The van der Waals surface area contributed by atoms with Gasteiger partial charge in [0.1, 0.15) is 0 Å². The number of nitrogens with one attached hydrogen (secondary N) is 1. The van der Waals surface area contributed by atoms with Crippen LogP contribution >= 0.6 is 0 Å². The zero-order valence-electron chi connectivity index (χ0n) is 8.77. The number of hydrogen-bond donors (Lipinski definition) is 1. The molecule has 6 heteroatoms. The molecule has 1 atom stereocenters. The molecule has 1 aliphatic heterocycles. The van der Waals surface area contributed by atoms with Crippen molar-refractivity contribution in [2.24, 2.45) is 5.92 Å². The zero-order chi connectivity index (χ0) is 11.6. The monoisotopic (exact) mass is 224 g/mol. The first-order valence-electron chi connectivity index (χ1n) is 4.92. The molecule has 3 nitrogen and oxygen atoms in total. The summed E-state index contributed by atoms with van der Waals surface area (Å²) in [6, 6.07) is -0.0509. The second kappa shape index (κ2) is 4.38. The first-order valence-corrected chi connectivity index (χ1v) is 4.92. The summed E-state index contributed by atoms with van der Waals surface area (Å²) in [6.07, 6.45) is -4.75. The van der Waals surface area contributed by atoms with Gasteiger partial charge < -0.3 is 10.2 Å². The Kier molecular flexibility index (Phi) is 3.59. The Morgan fingerprint density at radius 3 is 2.53 bits per heavy atom. The van der Waals surface area contributed by atoms with Gasteiger partial charge in [-0.25, -0.2) is 0 Å². The number of carbonyl (C=O) groups is 1. The largest absolute Gasteiger partial charge is 0.471 e. The molecule has 1 rings (SSSR count). The summed E-state index contributed by atoms with van der Waals surface area (Å²) in [5, 5.41) is 3.09. The van der Waals surface area contributed by atoms with Gasteiger partial charge in [0.2, 0.25) is 0 Å². The summed E-state index contributed by atoms with van der Waals surface area (Å²) in [7, 11) is 0. The minimum atomic E-state index is -4.75. The van der Waals surface area contributed by atoms with Crippen LogP contribution in [0.3, 0.4) is 0 Å². The number of piperazine rings is 1. The van der Waals surface area contributed by atoms with Gasteiger partial charge in [0.25, 0.3) is 0 Å². The average Bonchev–Trinajstić information content (AvgIpc) is 2.15. The maximum atomic E-state index is 12.2. The van der Waals surface area contributed by atoms with Gasteiger partial charge in [-0.1, -0.05) is 13.8 Å². The first kappa shape index (κ1) is 12.3. The Morgan fingerprint density at radius 2 is 2.07 bits per heavy atom. The topological polar surface area (TPSA) is 32.3 Å². The summed E-state index contributed by atoms with van der Waals surface area (Å²) in [5.74, 6) is -1.51. The van der Waals surface area contributed by atoms with Gasteiger partial charge in [0.15, 0.2) is 0 Å². The van der Waals surface area contributed by atoms with Gasteiger partial charge in [-0.2, -0.15) is 13.2 Å². The SMILES string of the molecule is CC(C)[C@H]1CN(C(=O)C(F)(F)F)CCN1. The van der Waals surface area contributed by atoms with Gasteiger partial charge in [0, 0.05) is 25.7 Å². The molecule has 0 aromatic heterocycles. The predicted octanol–water partition coefficient (Wildman–Crippen LogP) is 1.01. The molecule has 1 aliphatic rings. The highest BCUT2D eigenvalue weighted by molar-refractivity contribution is 5.82. The van der Waals surface area contributed by atoms with Crippen LogP contribution in [0.1, 0.15) is 13.8 Å². The number of rotatable bonds is 1. The number of amides is 1. The lowest BCUT2D eigenvalue weighted by Gasteiger charge is -2.35. The van der Waals surface area contributed by atoms with Gasteiger partial charge in [0.05, 0.1) is 0 Å². The second-order valence-electron chi connectivity index (χ2n) is 4.05. The van der Waals surface area contributed by atoms with Crippen LogP contribution in [-0.2, 0) is 4.79 Å². The quantitative estimate of drug-likeness (QED) is 0.720. The number of alkyl halides is 3. The fourth-order valence-corrected chi connectivity index (χ4v) is 1.59. The summed E-state index contributed by atoms with van der Waals surface area (Å²) >= 11 is 0. The number of carbonyl (C=O) groups excluding carboxylic acids is 1. The Hall–Kier alpha value is -0.780. The van der Waals surface area contributed by atoms with E-state index in [1.165, 1.54) is 0 Å². The molecule has 0 unspecified atom stereocenters. The predicted molar refractivity (Wildman–Crippen MR) is 49.3 cm³/mol. The highest BCUT2D eigenvalue weighted by atomic mass is 19.4. The molecule has 88 valence electrons. The van der Waals surface area contributed by atoms with E-state index in [-0.39, 0.29) is 25.0 Å². The molecule has 1 fully saturated rings. The number of nitrogens with zero attached hydrogens (tertiary/aromatic N) is 1. The van der Waals surface area contributed by atoms with Crippen LogP contribution in [0.5, 0.6) is 0 Å². The van der Waals surface area contributed by atoms with Crippen molar-refractivity contribution in [3.05, 3.63) is 0 Å². The third-order valence-corrected chi connectivity index (χ3v) is 2.54. The van der Waals surface area contributed by atoms with Crippen LogP contribution in [0.15, 0.2) is 0 Å². The summed E-state index contributed by atoms with van der Waals surface area (Å²) < 4.78 is 36.5. The molecule has 0 aromatic carbocycles. The van der Waals surface area contributed by atoms with Crippen molar-refractivity contribution in [1.29, 1.82) is 0 Å². The molecular formula is C9H15F3N2O. The van der Waals surface area contributed by atoms with Crippen LogP contribution in [0.2, 0.25) is 0 Å². The normalized spacial score (nSPS) is 23.3. The molecule has 0 bridgehead atoms. The molecular weight excluding hydrogens is 209 g/mol. The Labute approximate surface area is 86.6 Å². The van der Waals surface area contributed by atoms with E-state index < -0.39 is 12.1 Å². The third kappa shape index (κ3) is 3.09. The van der Waals surface area contributed by atoms with Crippen LogP contribution in [-0.4, -0.2) is 42.7 Å². The van der Waals surface area contributed by atoms with Crippen molar-refractivity contribution < 1.29 is 18.0 Å². The van der Waals surface area contributed by atoms with E-state index in [1.54, 1.807) is 0 Å². The van der Waals surface area contributed by atoms with E-state index in [0.29, 0.717) is 6.54 Å². The van der Waals surface area contributed by atoms with E-state index in [1.807, 2.05) is 13.8 Å². The zero-order valence-corrected chi connectivity index (χ0v) is 8.77. The van der Waals surface area contributed by atoms with Crippen molar-refractivity contribution in [2.45, 2.75) is 26.1 Å². The number of hydrogen-bond acceptors (Lipinski definition) is 2. The lowest BCUT2D eigenvalue weighted by atomic mass is 10.0. The van der Waals surface area contributed by atoms with Crippen LogP contribution in [0.25, 0.3) is 0 Å². The van der Waals surface area contributed by atoms with E-state index in [2.05, 4.69) is 5.32 Å². The van der Waals surface area contributed by atoms with Crippen LogP contribution in [0.4, 0.5) is 13.2 Å². The van der Waals surface area contributed by atoms with Crippen molar-refractivity contribution in [3.63, 3.8) is 0 Å². The molecule has 1 amide bonds.